The standard InChI is InChI=1S/C16H22O2Se/c1-15(2)12-8-9-16(15,14(17)10-12)11-19(18)13-6-4-3-5-7-13/h3-7,12,14,17H,8-11H2,1-2H3. The van der Waals surface area contributed by atoms with Crippen molar-refractivity contribution in [2.45, 2.75) is 44.5 Å². The van der Waals surface area contributed by atoms with Crippen molar-refractivity contribution >= 4 is 18.3 Å². The molecule has 1 aromatic carbocycles. The van der Waals surface area contributed by atoms with Crippen molar-refractivity contribution in [3.63, 3.8) is 0 Å². The van der Waals surface area contributed by atoms with Gasteiger partial charge in [-0.15, -0.1) is 0 Å². The summed E-state index contributed by atoms with van der Waals surface area (Å²) in [6.45, 7) is 4.54. The molecule has 2 saturated carbocycles. The van der Waals surface area contributed by atoms with Crippen molar-refractivity contribution < 1.29 is 8.94 Å². The Hall–Kier alpha value is -0.501. The quantitative estimate of drug-likeness (QED) is 0.867. The number of aliphatic hydroxyl groups excluding tert-OH is 1. The van der Waals surface area contributed by atoms with Gasteiger partial charge in [0.1, 0.15) is 0 Å². The molecular formula is C16H22O2Se. The third-order valence-electron chi connectivity index (χ3n) is 5.78. The Morgan fingerprint density at radius 2 is 2.00 bits per heavy atom. The van der Waals surface area contributed by atoms with E-state index in [1.807, 2.05) is 30.3 Å². The second-order valence-electron chi connectivity index (χ2n) is 6.67. The van der Waals surface area contributed by atoms with Crippen LogP contribution in [0.5, 0.6) is 0 Å². The van der Waals surface area contributed by atoms with Crippen LogP contribution in [0.1, 0.15) is 33.1 Å². The molecule has 0 amide bonds. The molecule has 0 saturated heterocycles. The van der Waals surface area contributed by atoms with Gasteiger partial charge in [0.25, 0.3) is 0 Å². The molecule has 104 valence electrons. The van der Waals surface area contributed by atoms with E-state index in [-0.39, 0.29) is 16.9 Å². The third-order valence-corrected chi connectivity index (χ3v) is 9.09. The average Bonchev–Trinajstić information content (AvgIpc) is 2.74. The van der Waals surface area contributed by atoms with Crippen LogP contribution in [0.2, 0.25) is 5.32 Å². The summed E-state index contributed by atoms with van der Waals surface area (Å²) < 4.78 is 13.7. The van der Waals surface area contributed by atoms with Crippen LogP contribution in [-0.4, -0.2) is 25.0 Å². The monoisotopic (exact) mass is 326 g/mol. The van der Waals surface area contributed by atoms with Crippen LogP contribution in [0, 0.1) is 16.7 Å². The first-order valence-corrected chi connectivity index (χ1v) is 9.85. The summed E-state index contributed by atoms with van der Waals surface area (Å²) in [6, 6.07) is 9.80. The molecule has 4 atom stereocenters. The fraction of sp³-hybridized carbons (Fsp3) is 0.625. The van der Waals surface area contributed by atoms with E-state index in [9.17, 15) is 8.94 Å². The van der Waals surface area contributed by atoms with E-state index >= 15 is 0 Å². The number of rotatable bonds is 3. The minimum atomic E-state index is -2.05. The zero-order valence-electron chi connectivity index (χ0n) is 11.6. The van der Waals surface area contributed by atoms with Crippen molar-refractivity contribution in [2.75, 3.05) is 0 Å². The van der Waals surface area contributed by atoms with Crippen molar-refractivity contribution in [1.29, 1.82) is 0 Å². The summed E-state index contributed by atoms with van der Waals surface area (Å²) in [5.74, 6) is 0.608. The predicted molar refractivity (Wildman–Crippen MR) is 76.9 cm³/mol. The number of hydrogen-bond acceptors (Lipinski definition) is 2. The van der Waals surface area contributed by atoms with Gasteiger partial charge in [0.2, 0.25) is 0 Å². The Labute approximate surface area is 119 Å². The topological polar surface area (TPSA) is 37.3 Å². The van der Waals surface area contributed by atoms with Gasteiger partial charge in [-0.1, -0.05) is 0 Å². The van der Waals surface area contributed by atoms with Crippen LogP contribution < -0.4 is 4.46 Å². The van der Waals surface area contributed by atoms with Gasteiger partial charge < -0.3 is 0 Å². The Morgan fingerprint density at radius 3 is 2.53 bits per heavy atom. The Bertz CT molecular complexity index is 497. The molecule has 2 nitrogen and oxygen atoms in total. The van der Waals surface area contributed by atoms with E-state index in [1.54, 1.807) is 0 Å². The summed E-state index contributed by atoms with van der Waals surface area (Å²) in [4.78, 5) is 0. The normalized spacial score (nSPS) is 37.4. The molecule has 0 aliphatic heterocycles. The molecule has 1 aromatic rings. The summed E-state index contributed by atoms with van der Waals surface area (Å²) in [7, 11) is 0. The van der Waals surface area contributed by atoms with E-state index in [4.69, 9.17) is 0 Å². The van der Waals surface area contributed by atoms with Crippen LogP contribution in [0.3, 0.4) is 0 Å². The van der Waals surface area contributed by atoms with Gasteiger partial charge >= 0.3 is 119 Å². The molecular weight excluding hydrogens is 303 g/mol. The summed E-state index contributed by atoms with van der Waals surface area (Å²) in [5.41, 5.74) is 0.0211. The number of aliphatic hydroxyl groups is 1. The van der Waals surface area contributed by atoms with Crippen LogP contribution in [-0.2, 0) is 3.83 Å². The average molecular weight is 325 g/mol. The van der Waals surface area contributed by atoms with Gasteiger partial charge in [-0.2, -0.15) is 0 Å². The number of hydrogen-bond donors (Lipinski definition) is 1. The minimum absolute atomic E-state index is 0.111. The second kappa shape index (κ2) is 4.51. The van der Waals surface area contributed by atoms with Crippen LogP contribution in [0.4, 0.5) is 0 Å². The summed E-state index contributed by atoms with van der Waals surface area (Å²) >= 11 is -2.05. The van der Waals surface area contributed by atoms with Crippen LogP contribution in [0.15, 0.2) is 30.3 Å². The molecule has 2 fully saturated rings. The molecule has 2 bridgehead atoms. The van der Waals surface area contributed by atoms with Gasteiger partial charge in [0.15, 0.2) is 0 Å². The van der Waals surface area contributed by atoms with Crippen molar-refractivity contribution in [3.8, 4) is 0 Å². The second-order valence-corrected chi connectivity index (χ2v) is 9.71. The van der Waals surface area contributed by atoms with Gasteiger partial charge in [-0.05, 0) is 0 Å². The van der Waals surface area contributed by atoms with Gasteiger partial charge in [0.05, 0.1) is 0 Å². The predicted octanol–water partition coefficient (Wildman–Crippen LogP) is 2.50. The molecule has 2 aliphatic carbocycles. The van der Waals surface area contributed by atoms with Gasteiger partial charge in [-0.25, -0.2) is 0 Å². The molecule has 3 heteroatoms. The Morgan fingerprint density at radius 1 is 1.32 bits per heavy atom. The molecule has 19 heavy (non-hydrogen) atoms. The van der Waals surface area contributed by atoms with Gasteiger partial charge in [0, 0.05) is 0 Å². The van der Waals surface area contributed by atoms with Crippen molar-refractivity contribution in [3.05, 3.63) is 30.3 Å². The Kier molecular flexibility index (Phi) is 3.20. The van der Waals surface area contributed by atoms with Crippen LogP contribution >= 0.6 is 0 Å². The van der Waals surface area contributed by atoms with Crippen molar-refractivity contribution in [1.82, 2.24) is 0 Å². The molecule has 0 heterocycles. The first kappa shape index (κ1) is 13.5. The maximum absolute atomic E-state index is 12.7. The zero-order valence-corrected chi connectivity index (χ0v) is 13.3. The van der Waals surface area contributed by atoms with Crippen LogP contribution in [0.25, 0.3) is 0 Å². The molecule has 0 spiro atoms. The fourth-order valence-corrected chi connectivity index (χ4v) is 8.05. The molecule has 4 unspecified atom stereocenters. The van der Waals surface area contributed by atoms with E-state index in [0.29, 0.717) is 11.2 Å². The summed E-state index contributed by atoms with van der Waals surface area (Å²) in [5, 5.41) is 11.2. The number of benzene rings is 1. The maximum atomic E-state index is 12.7. The van der Waals surface area contributed by atoms with E-state index in [1.165, 1.54) is 6.42 Å². The Balaban J connectivity index is 1.88. The first-order chi connectivity index (χ1) is 8.97. The SMILES string of the molecule is CC1(C)C2CCC1(C[Se](=O)c1ccccc1)C(O)C2. The van der Waals surface area contributed by atoms with E-state index in [2.05, 4.69) is 13.8 Å². The molecule has 0 radical (unpaired) electrons. The van der Waals surface area contributed by atoms with E-state index in [0.717, 1.165) is 17.3 Å². The number of fused-ring (bicyclic) bond motifs is 2. The first-order valence-electron chi connectivity index (χ1n) is 7.09. The molecule has 1 N–H and O–H groups in total. The molecule has 3 rings (SSSR count). The fourth-order valence-electron chi connectivity index (χ4n) is 4.27. The summed E-state index contributed by atoms with van der Waals surface area (Å²) in [6.07, 6.45) is 2.88. The van der Waals surface area contributed by atoms with Crippen molar-refractivity contribution in [2.24, 2.45) is 16.7 Å². The third kappa shape index (κ3) is 1.86. The zero-order chi connectivity index (χ0) is 13.7. The van der Waals surface area contributed by atoms with Gasteiger partial charge in [-0.3, -0.25) is 0 Å². The molecule has 0 aromatic heterocycles. The van der Waals surface area contributed by atoms with E-state index < -0.39 is 13.8 Å². The molecule has 2 aliphatic rings.